The second-order valence-electron chi connectivity index (χ2n) is 6.84. The van der Waals surface area contributed by atoms with Gasteiger partial charge in [0.05, 0.1) is 12.3 Å². The number of aliphatic imine (C=N–C) groups is 1. The van der Waals surface area contributed by atoms with E-state index >= 15 is 0 Å². The number of guanidine groups is 1. The average Bonchev–Trinajstić information content (AvgIpc) is 3.00. The average molecular weight is 517 g/mol. The van der Waals surface area contributed by atoms with Crippen molar-refractivity contribution in [2.75, 3.05) is 26.9 Å². The van der Waals surface area contributed by atoms with Gasteiger partial charge in [0, 0.05) is 37.9 Å². The van der Waals surface area contributed by atoms with E-state index in [9.17, 15) is 4.39 Å². The van der Waals surface area contributed by atoms with Gasteiger partial charge in [-0.25, -0.2) is 4.39 Å². The van der Waals surface area contributed by atoms with Crippen LogP contribution in [-0.2, 0) is 24.3 Å². The van der Waals surface area contributed by atoms with E-state index in [2.05, 4.69) is 33.7 Å². The van der Waals surface area contributed by atoms with E-state index in [4.69, 9.17) is 9.47 Å². The molecule has 29 heavy (non-hydrogen) atoms. The predicted octanol–water partition coefficient (Wildman–Crippen LogP) is 2.92. The molecule has 2 heterocycles. The molecule has 7 nitrogen and oxygen atoms in total. The van der Waals surface area contributed by atoms with Crippen molar-refractivity contribution < 1.29 is 13.9 Å². The van der Waals surface area contributed by atoms with Crippen molar-refractivity contribution in [2.45, 2.75) is 39.8 Å². The molecule has 0 fully saturated rings. The molecular weight excluding hydrogens is 488 g/mol. The fraction of sp³-hybridized carbons (Fsp3) is 0.500. The Morgan fingerprint density at radius 3 is 2.76 bits per heavy atom. The number of aromatic nitrogens is 2. The quantitative estimate of drug-likeness (QED) is 0.256. The Morgan fingerprint density at radius 1 is 1.24 bits per heavy atom. The largest absolute Gasteiger partial charge is 0.467 e. The SMILES string of the molecule is CN=C(NCCCn1nc(C)cc1C)NCCc1cc(F)cc2c1OCOC2.I. The van der Waals surface area contributed by atoms with Crippen LogP contribution in [0.4, 0.5) is 4.39 Å². The highest BCUT2D eigenvalue weighted by molar-refractivity contribution is 14.0. The third-order valence-corrected chi connectivity index (χ3v) is 4.60. The number of ether oxygens (including phenoxy) is 2. The minimum absolute atomic E-state index is 0. The van der Waals surface area contributed by atoms with Crippen LogP contribution in [0.15, 0.2) is 23.2 Å². The third kappa shape index (κ3) is 6.56. The van der Waals surface area contributed by atoms with Crippen LogP contribution in [0, 0.1) is 19.7 Å². The lowest BCUT2D eigenvalue weighted by molar-refractivity contribution is -0.0172. The molecule has 1 aromatic carbocycles. The van der Waals surface area contributed by atoms with Gasteiger partial charge in [-0.2, -0.15) is 5.10 Å². The molecule has 1 aliphatic rings. The molecule has 3 rings (SSSR count). The minimum atomic E-state index is -0.269. The summed E-state index contributed by atoms with van der Waals surface area (Å²) in [6.07, 6.45) is 1.57. The van der Waals surface area contributed by atoms with E-state index < -0.39 is 0 Å². The number of rotatable bonds is 7. The van der Waals surface area contributed by atoms with Gasteiger partial charge in [-0.05, 0) is 50.5 Å². The van der Waals surface area contributed by atoms with E-state index in [-0.39, 0.29) is 36.6 Å². The van der Waals surface area contributed by atoms with Crippen molar-refractivity contribution in [1.82, 2.24) is 20.4 Å². The number of halogens is 2. The fourth-order valence-electron chi connectivity index (χ4n) is 3.32. The van der Waals surface area contributed by atoms with Crippen molar-refractivity contribution in [3.63, 3.8) is 0 Å². The summed E-state index contributed by atoms with van der Waals surface area (Å²) in [5.41, 5.74) is 3.81. The van der Waals surface area contributed by atoms with Crippen molar-refractivity contribution in [1.29, 1.82) is 0 Å². The first-order chi connectivity index (χ1) is 13.6. The Balaban J connectivity index is 0.00000300. The number of fused-ring (bicyclic) bond motifs is 1. The van der Waals surface area contributed by atoms with Gasteiger partial charge >= 0.3 is 0 Å². The molecule has 0 amide bonds. The molecule has 0 spiro atoms. The Kier molecular flexibility index (Phi) is 9.15. The highest BCUT2D eigenvalue weighted by Gasteiger charge is 2.16. The van der Waals surface area contributed by atoms with Crippen LogP contribution in [0.25, 0.3) is 0 Å². The van der Waals surface area contributed by atoms with Gasteiger partial charge in [-0.3, -0.25) is 9.67 Å². The fourth-order valence-corrected chi connectivity index (χ4v) is 3.32. The molecule has 0 radical (unpaired) electrons. The molecule has 2 N–H and O–H groups in total. The number of nitrogens with one attached hydrogen (secondary N) is 2. The monoisotopic (exact) mass is 517 g/mol. The Morgan fingerprint density at radius 2 is 2.03 bits per heavy atom. The molecule has 160 valence electrons. The van der Waals surface area contributed by atoms with Crippen molar-refractivity contribution >= 4 is 29.9 Å². The molecule has 0 unspecified atom stereocenters. The van der Waals surface area contributed by atoms with E-state index in [1.807, 2.05) is 11.6 Å². The first-order valence-corrected chi connectivity index (χ1v) is 9.54. The lowest BCUT2D eigenvalue weighted by Gasteiger charge is -2.21. The predicted molar refractivity (Wildman–Crippen MR) is 121 cm³/mol. The van der Waals surface area contributed by atoms with Gasteiger partial charge < -0.3 is 20.1 Å². The Bertz CT molecular complexity index is 841. The van der Waals surface area contributed by atoms with Gasteiger partial charge in [0.2, 0.25) is 0 Å². The van der Waals surface area contributed by atoms with E-state index in [0.29, 0.717) is 19.6 Å². The molecule has 1 aromatic heterocycles. The second kappa shape index (κ2) is 11.3. The van der Waals surface area contributed by atoms with E-state index in [1.54, 1.807) is 7.05 Å². The molecule has 2 aromatic rings. The molecule has 0 saturated carbocycles. The first-order valence-electron chi connectivity index (χ1n) is 9.54. The molecule has 0 saturated heterocycles. The maximum absolute atomic E-state index is 13.8. The minimum Gasteiger partial charge on any atom is -0.467 e. The Labute approximate surface area is 188 Å². The standard InChI is InChI=1S/C20H28FN5O2.HI/c1-14-9-15(2)26(25-14)8-4-6-23-20(22-3)24-7-5-16-10-18(21)11-17-12-27-13-28-19(16)17;/h9-11H,4-8,12-13H2,1-3H3,(H2,22,23,24);1H. The maximum Gasteiger partial charge on any atom is 0.190 e. The van der Waals surface area contributed by atoms with Crippen molar-refractivity contribution in [3.8, 4) is 5.75 Å². The topological polar surface area (TPSA) is 72.7 Å². The first kappa shape index (κ1) is 23.4. The summed E-state index contributed by atoms with van der Waals surface area (Å²) < 4.78 is 26.6. The van der Waals surface area contributed by atoms with Gasteiger partial charge in [0.1, 0.15) is 11.6 Å². The van der Waals surface area contributed by atoms with Crippen LogP contribution in [0.2, 0.25) is 0 Å². The summed E-state index contributed by atoms with van der Waals surface area (Å²) in [6, 6.07) is 5.07. The van der Waals surface area contributed by atoms with E-state index in [1.165, 1.54) is 17.8 Å². The second-order valence-corrected chi connectivity index (χ2v) is 6.84. The molecule has 0 aliphatic carbocycles. The normalized spacial score (nSPS) is 13.3. The third-order valence-electron chi connectivity index (χ3n) is 4.60. The smallest absolute Gasteiger partial charge is 0.190 e. The molecule has 1 aliphatic heterocycles. The zero-order valence-electron chi connectivity index (χ0n) is 17.1. The summed E-state index contributed by atoms with van der Waals surface area (Å²) in [4.78, 5) is 4.24. The van der Waals surface area contributed by atoms with Crippen LogP contribution in [0.5, 0.6) is 5.75 Å². The lowest BCUT2D eigenvalue weighted by atomic mass is 10.1. The van der Waals surface area contributed by atoms with Gasteiger partial charge in [-0.15, -0.1) is 24.0 Å². The van der Waals surface area contributed by atoms with Crippen LogP contribution >= 0.6 is 24.0 Å². The van der Waals surface area contributed by atoms with Gasteiger partial charge in [-0.1, -0.05) is 0 Å². The maximum atomic E-state index is 13.8. The summed E-state index contributed by atoms with van der Waals surface area (Å²) in [7, 11) is 1.74. The number of hydrogen-bond acceptors (Lipinski definition) is 4. The zero-order valence-corrected chi connectivity index (χ0v) is 19.5. The molecular formula is C20H29FIN5O2. The molecule has 0 atom stereocenters. The summed E-state index contributed by atoms with van der Waals surface area (Å²) >= 11 is 0. The zero-order chi connectivity index (χ0) is 19.9. The highest BCUT2D eigenvalue weighted by atomic mass is 127. The molecule has 0 bridgehead atoms. The van der Waals surface area contributed by atoms with Crippen LogP contribution in [0.1, 0.15) is 28.9 Å². The van der Waals surface area contributed by atoms with Gasteiger partial charge in [0.15, 0.2) is 12.8 Å². The highest BCUT2D eigenvalue weighted by Crippen LogP contribution is 2.29. The summed E-state index contributed by atoms with van der Waals surface area (Å²) in [5, 5.41) is 11.0. The number of aryl methyl sites for hydroxylation is 3. The van der Waals surface area contributed by atoms with Gasteiger partial charge in [0.25, 0.3) is 0 Å². The summed E-state index contributed by atoms with van der Waals surface area (Å²) in [6.45, 7) is 6.92. The lowest BCUT2D eigenvalue weighted by Crippen LogP contribution is -2.39. The van der Waals surface area contributed by atoms with Crippen LogP contribution in [-0.4, -0.2) is 42.7 Å². The Hall–Kier alpha value is -1.88. The van der Waals surface area contributed by atoms with Crippen molar-refractivity contribution in [2.24, 2.45) is 4.99 Å². The molecule has 9 heteroatoms. The van der Waals surface area contributed by atoms with Crippen LogP contribution in [0.3, 0.4) is 0 Å². The van der Waals surface area contributed by atoms with Crippen molar-refractivity contribution in [3.05, 3.63) is 46.5 Å². The number of hydrogen-bond donors (Lipinski definition) is 2. The van der Waals surface area contributed by atoms with E-state index in [0.717, 1.165) is 48.0 Å². The van der Waals surface area contributed by atoms with Crippen LogP contribution < -0.4 is 15.4 Å². The number of benzene rings is 1. The number of nitrogens with zero attached hydrogens (tertiary/aromatic N) is 3. The summed E-state index contributed by atoms with van der Waals surface area (Å²) in [5.74, 6) is 1.19.